The SMILES string of the molecule is O=C(O)CC1CC(C(=O)NC2CCc3ccc(-c4ccccc4)cc32)C1. The van der Waals surface area contributed by atoms with Gasteiger partial charge in [0.25, 0.3) is 0 Å². The van der Waals surface area contributed by atoms with Crippen molar-refractivity contribution in [2.45, 2.75) is 38.1 Å². The van der Waals surface area contributed by atoms with Crippen LogP contribution >= 0.6 is 0 Å². The second-order valence-electron chi connectivity index (χ2n) is 7.51. The first-order chi connectivity index (χ1) is 12.6. The highest BCUT2D eigenvalue weighted by Crippen LogP contribution is 2.38. The fourth-order valence-corrected chi connectivity index (χ4v) is 4.22. The van der Waals surface area contributed by atoms with E-state index in [1.54, 1.807) is 0 Å². The minimum Gasteiger partial charge on any atom is -0.481 e. The molecule has 2 aliphatic carbocycles. The Bertz CT molecular complexity index is 825. The lowest BCUT2D eigenvalue weighted by atomic mass is 9.72. The van der Waals surface area contributed by atoms with Crippen molar-refractivity contribution < 1.29 is 14.7 Å². The maximum Gasteiger partial charge on any atom is 0.303 e. The van der Waals surface area contributed by atoms with Gasteiger partial charge in [0.2, 0.25) is 5.91 Å². The molecule has 1 amide bonds. The molecule has 0 bridgehead atoms. The number of aryl methyl sites for hydroxylation is 1. The van der Waals surface area contributed by atoms with Gasteiger partial charge in [0.1, 0.15) is 0 Å². The molecular formula is C22H23NO3. The largest absolute Gasteiger partial charge is 0.481 e. The number of carbonyl (C=O) groups excluding carboxylic acids is 1. The van der Waals surface area contributed by atoms with E-state index in [0.717, 1.165) is 12.8 Å². The summed E-state index contributed by atoms with van der Waals surface area (Å²) < 4.78 is 0. The Morgan fingerprint density at radius 1 is 1.04 bits per heavy atom. The van der Waals surface area contributed by atoms with Gasteiger partial charge >= 0.3 is 5.97 Å². The van der Waals surface area contributed by atoms with Crippen LogP contribution in [0, 0.1) is 11.8 Å². The molecular weight excluding hydrogens is 326 g/mol. The van der Waals surface area contributed by atoms with Crippen LogP contribution in [0.2, 0.25) is 0 Å². The summed E-state index contributed by atoms with van der Waals surface area (Å²) in [7, 11) is 0. The first kappa shape index (κ1) is 16.8. The number of aliphatic carboxylic acids is 1. The summed E-state index contributed by atoms with van der Waals surface area (Å²) in [6.45, 7) is 0. The van der Waals surface area contributed by atoms with E-state index < -0.39 is 5.97 Å². The van der Waals surface area contributed by atoms with Gasteiger partial charge < -0.3 is 10.4 Å². The Morgan fingerprint density at radius 3 is 2.54 bits per heavy atom. The minimum atomic E-state index is -0.771. The highest BCUT2D eigenvalue weighted by molar-refractivity contribution is 5.80. The molecule has 4 rings (SSSR count). The predicted molar refractivity (Wildman–Crippen MR) is 99.5 cm³/mol. The Balaban J connectivity index is 1.43. The van der Waals surface area contributed by atoms with Gasteiger partial charge in [0.15, 0.2) is 0 Å². The molecule has 2 aromatic carbocycles. The van der Waals surface area contributed by atoms with Crippen molar-refractivity contribution in [2.75, 3.05) is 0 Å². The molecule has 0 radical (unpaired) electrons. The lowest BCUT2D eigenvalue weighted by Gasteiger charge is -2.34. The molecule has 1 atom stereocenters. The van der Waals surface area contributed by atoms with Crippen molar-refractivity contribution >= 4 is 11.9 Å². The Kier molecular flexibility index (Phi) is 4.49. The molecule has 4 nitrogen and oxygen atoms in total. The first-order valence-electron chi connectivity index (χ1n) is 9.30. The number of hydrogen-bond donors (Lipinski definition) is 2. The standard InChI is InChI=1S/C22H23NO3/c24-21(25)12-14-10-18(11-14)22(26)23-20-9-8-16-6-7-17(13-19(16)20)15-4-2-1-3-5-15/h1-7,13-14,18,20H,8-12H2,(H,23,26)(H,24,25). The average molecular weight is 349 g/mol. The number of carboxylic acids is 1. The molecule has 0 saturated heterocycles. The quantitative estimate of drug-likeness (QED) is 0.859. The maximum absolute atomic E-state index is 12.5. The van der Waals surface area contributed by atoms with Crippen LogP contribution < -0.4 is 5.32 Å². The van der Waals surface area contributed by atoms with Crippen molar-refractivity contribution in [2.24, 2.45) is 11.8 Å². The van der Waals surface area contributed by atoms with Crippen LogP contribution in [0.5, 0.6) is 0 Å². The predicted octanol–water partition coefficient (Wildman–Crippen LogP) is 3.96. The maximum atomic E-state index is 12.5. The van der Waals surface area contributed by atoms with Crippen LogP contribution in [-0.4, -0.2) is 17.0 Å². The molecule has 26 heavy (non-hydrogen) atoms. The molecule has 4 heteroatoms. The van der Waals surface area contributed by atoms with Crippen LogP contribution in [0.15, 0.2) is 48.5 Å². The van der Waals surface area contributed by atoms with Crippen LogP contribution in [0.1, 0.15) is 42.9 Å². The van der Waals surface area contributed by atoms with Crippen molar-refractivity contribution in [3.05, 3.63) is 59.7 Å². The van der Waals surface area contributed by atoms with Crippen LogP contribution in [0.25, 0.3) is 11.1 Å². The molecule has 0 spiro atoms. The summed E-state index contributed by atoms with van der Waals surface area (Å²) in [6, 6.07) is 16.9. The highest BCUT2D eigenvalue weighted by atomic mass is 16.4. The van der Waals surface area contributed by atoms with Gasteiger partial charge in [-0.2, -0.15) is 0 Å². The van der Waals surface area contributed by atoms with E-state index in [-0.39, 0.29) is 30.2 Å². The zero-order chi connectivity index (χ0) is 18.1. The summed E-state index contributed by atoms with van der Waals surface area (Å²) in [5, 5.41) is 12.0. The van der Waals surface area contributed by atoms with Gasteiger partial charge in [-0.1, -0.05) is 42.5 Å². The fraction of sp³-hybridized carbons (Fsp3) is 0.364. The molecule has 0 aliphatic heterocycles. The van der Waals surface area contributed by atoms with E-state index >= 15 is 0 Å². The van der Waals surface area contributed by atoms with Gasteiger partial charge in [-0.05, 0) is 59.9 Å². The number of carbonyl (C=O) groups is 2. The van der Waals surface area contributed by atoms with E-state index in [4.69, 9.17) is 5.11 Å². The lowest BCUT2D eigenvalue weighted by molar-refractivity contribution is -0.141. The number of nitrogens with one attached hydrogen (secondary N) is 1. The summed E-state index contributed by atoms with van der Waals surface area (Å²) in [6.07, 6.45) is 3.49. The third-order valence-electron chi connectivity index (χ3n) is 5.72. The molecule has 1 saturated carbocycles. The minimum absolute atomic E-state index is 0.0271. The van der Waals surface area contributed by atoms with Crippen molar-refractivity contribution in [1.29, 1.82) is 0 Å². The van der Waals surface area contributed by atoms with Crippen molar-refractivity contribution in [1.82, 2.24) is 5.32 Å². The van der Waals surface area contributed by atoms with Crippen LogP contribution in [0.4, 0.5) is 0 Å². The zero-order valence-electron chi connectivity index (χ0n) is 14.7. The molecule has 134 valence electrons. The smallest absolute Gasteiger partial charge is 0.303 e. The lowest BCUT2D eigenvalue weighted by Crippen LogP contribution is -2.40. The van der Waals surface area contributed by atoms with Gasteiger partial charge in [-0.25, -0.2) is 0 Å². The summed E-state index contributed by atoms with van der Waals surface area (Å²) >= 11 is 0. The van der Waals surface area contributed by atoms with Crippen molar-refractivity contribution in [3.63, 3.8) is 0 Å². The third kappa shape index (κ3) is 3.36. The number of hydrogen-bond acceptors (Lipinski definition) is 2. The Hall–Kier alpha value is -2.62. The number of benzene rings is 2. The molecule has 0 heterocycles. The van der Waals surface area contributed by atoms with Gasteiger partial charge in [0, 0.05) is 12.3 Å². The Morgan fingerprint density at radius 2 is 1.81 bits per heavy atom. The normalized spacial score (nSPS) is 23.8. The van der Waals surface area contributed by atoms with Gasteiger partial charge in [-0.15, -0.1) is 0 Å². The van der Waals surface area contributed by atoms with Crippen LogP contribution in [0.3, 0.4) is 0 Å². The van der Waals surface area contributed by atoms with E-state index in [1.807, 2.05) is 18.2 Å². The van der Waals surface area contributed by atoms with E-state index in [2.05, 4.69) is 35.6 Å². The number of rotatable bonds is 5. The Labute approximate surface area is 153 Å². The molecule has 2 N–H and O–H groups in total. The summed E-state index contributed by atoms with van der Waals surface area (Å²) in [4.78, 5) is 23.3. The third-order valence-corrected chi connectivity index (χ3v) is 5.72. The highest BCUT2D eigenvalue weighted by Gasteiger charge is 2.37. The molecule has 2 aliphatic rings. The van der Waals surface area contributed by atoms with Gasteiger partial charge in [0.05, 0.1) is 6.04 Å². The fourth-order valence-electron chi connectivity index (χ4n) is 4.22. The molecule has 1 unspecified atom stereocenters. The number of fused-ring (bicyclic) bond motifs is 1. The molecule has 1 fully saturated rings. The van der Waals surface area contributed by atoms with Gasteiger partial charge in [-0.3, -0.25) is 9.59 Å². The average Bonchev–Trinajstić information content (AvgIpc) is 3.00. The zero-order valence-corrected chi connectivity index (χ0v) is 14.7. The van der Waals surface area contributed by atoms with E-state index in [9.17, 15) is 9.59 Å². The second kappa shape index (κ2) is 6.94. The summed E-state index contributed by atoms with van der Waals surface area (Å²) in [5.74, 6) is -0.564. The molecule has 2 aromatic rings. The monoisotopic (exact) mass is 349 g/mol. The van der Waals surface area contributed by atoms with Crippen LogP contribution in [-0.2, 0) is 16.0 Å². The topological polar surface area (TPSA) is 66.4 Å². The van der Waals surface area contributed by atoms with Crippen molar-refractivity contribution in [3.8, 4) is 11.1 Å². The summed E-state index contributed by atoms with van der Waals surface area (Å²) in [5.41, 5.74) is 4.90. The van der Waals surface area contributed by atoms with E-state index in [0.29, 0.717) is 12.8 Å². The van der Waals surface area contributed by atoms with E-state index in [1.165, 1.54) is 22.3 Å². The molecule has 0 aromatic heterocycles. The second-order valence-corrected chi connectivity index (χ2v) is 7.51. The first-order valence-corrected chi connectivity index (χ1v) is 9.30. The number of amides is 1. The number of carboxylic acid groups (broad SMARTS) is 1.